The Morgan fingerprint density at radius 3 is 2.29 bits per heavy atom. The SMILES string of the molecule is CCC1C[C@@H](C)[C@H]2C(O1)[C@H](O)[C@@]1(C)C3CC[C@H]4C(C)(C)[C@@H](O)CC[C@@]45C[C@@]35CC[C@]21C. The molecule has 1 saturated heterocycles. The van der Waals surface area contributed by atoms with E-state index >= 15 is 0 Å². The first-order chi connectivity index (χ1) is 14.5. The molecule has 0 amide bonds. The van der Waals surface area contributed by atoms with Gasteiger partial charge in [-0.15, -0.1) is 0 Å². The van der Waals surface area contributed by atoms with Crippen LogP contribution < -0.4 is 0 Å². The summed E-state index contributed by atoms with van der Waals surface area (Å²) in [5.74, 6) is 2.38. The minimum atomic E-state index is -0.335. The van der Waals surface area contributed by atoms with E-state index in [4.69, 9.17) is 4.74 Å². The quantitative estimate of drug-likeness (QED) is 0.572. The minimum Gasteiger partial charge on any atom is -0.393 e. The highest BCUT2D eigenvalue weighted by Crippen LogP contribution is 2.89. The van der Waals surface area contributed by atoms with Crippen molar-refractivity contribution < 1.29 is 14.9 Å². The van der Waals surface area contributed by atoms with Crippen molar-refractivity contribution in [1.82, 2.24) is 0 Å². The number of fused-ring (bicyclic) bond motifs is 4. The Hall–Kier alpha value is -0.120. The van der Waals surface area contributed by atoms with E-state index in [-0.39, 0.29) is 34.6 Å². The molecule has 3 unspecified atom stereocenters. The normalized spacial score (nSPS) is 63.9. The topological polar surface area (TPSA) is 49.7 Å². The van der Waals surface area contributed by atoms with Crippen molar-refractivity contribution in [3.05, 3.63) is 0 Å². The average Bonchev–Trinajstić information content (AvgIpc) is 3.36. The summed E-state index contributed by atoms with van der Waals surface area (Å²) in [5.41, 5.74) is 0.985. The Bertz CT molecular complexity index is 778. The molecule has 1 aliphatic heterocycles. The van der Waals surface area contributed by atoms with Crippen molar-refractivity contribution in [2.75, 3.05) is 0 Å². The Morgan fingerprint density at radius 1 is 0.903 bits per heavy atom. The van der Waals surface area contributed by atoms with Crippen molar-refractivity contribution in [3.63, 3.8) is 0 Å². The molecular formula is C28H46O3. The monoisotopic (exact) mass is 430 g/mol. The summed E-state index contributed by atoms with van der Waals surface area (Å²) in [5, 5.41) is 22.9. The standard InChI is InChI=1S/C28H46O3/c1-7-17-14-16(2)21-22(31-17)23(30)26(6)19-9-8-18-24(3,4)20(29)10-11-27(18)15-28(19,27)13-12-25(21,26)5/h16-23,29-30H,7-15H2,1-6H3/t16-,17?,18+,19?,20+,21+,22?,23+,25-,26-,27-,28+/m1/s1. The lowest BCUT2D eigenvalue weighted by atomic mass is 9.41. The van der Waals surface area contributed by atoms with Gasteiger partial charge in [0, 0.05) is 5.41 Å². The highest BCUT2D eigenvalue weighted by Gasteiger charge is 2.84. The Morgan fingerprint density at radius 2 is 1.58 bits per heavy atom. The first kappa shape index (κ1) is 21.4. The van der Waals surface area contributed by atoms with Gasteiger partial charge in [0.25, 0.3) is 0 Å². The molecule has 0 aromatic carbocycles. The molecule has 0 bridgehead atoms. The van der Waals surface area contributed by atoms with Crippen molar-refractivity contribution >= 4 is 0 Å². The summed E-state index contributed by atoms with van der Waals surface area (Å²) in [7, 11) is 0. The van der Waals surface area contributed by atoms with Gasteiger partial charge in [-0.05, 0) is 103 Å². The molecule has 12 atom stereocenters. The number of aliphatic hydroxyl groups excluding tert-OH is 2. The Kier molecular flexibility index (Phi) is 4.22. The largest absolute Gasteiger partial charge is 0.393 e. The summed E-state index contributed by atoms with van der Waals surface area (Å²) in [6.45, 7) is 14.4. The van der Waals surface area contributed by atoms with Crippen molar-refractivity contribution in [2.45, 2.75) is 124 Å². The molecule has 0 aromatic rings. The lowest BCUT2D eigenvalue weighted by Crippen LogP contribution is -2.59. The van der Waals surface area contributed by atoms with Gasteiger partial charge in [0.15, 0.2) is 0 Å². The number of hydrogen-bond donors (Lipinski definition) is 2. The molecule has 176 valence electrons. The fraction of sp³-hybridized carbons (Fsp3) is 1.00. The summed E-state index contributed by atoms with van der Waals surface area (Å²) < 4.78 is 6.66. The van der Waals surface area contributed by atoms with Crippen LogP contribution in [0.3, 0.4) is 0 Å². The van der Waals surface area contributed by atoms with Crippen molar-refractivity contribution in [1.29, 1.82) is 0 Å². The molecule has 5 saturated carbocycles. The number of rotatable bonds is 1. The van der Waals surface area contributed by atoms with Gasteiger partial charge in [-0.1, -0.05) is 41.5 Å². The van der Waals surface area contributed by atoms with Crippen LogP contribution in [0, 0.1) is 50.7 Å². The third-order valence-corrected chi connectivity index (χ3v) is 13.3. The van der Waals surface area contributed by atoms with Crippen molar-refractivity contribution in [2.24, 2.45) is 50.7 Å². The first-order valence-electron chi connectivity index (χ1n) is 13.5. The van der Waals surface area contributed by atoms with Crippen LogP contribution in [0.15, 0.2) is 0 Å². The minimum absolute atomic E-state index is 0.0240. The summed E-state index contributed by atoms with van der Waals surface area (Å²) >= 11 is 0. The highest BCUT2D eigenvalue weighted by atomic mass is 16.5. The van der Waals surface area contributed by atoms with E-state index in [9.17, 15) is 10.2 Å². The van der Waals surface area contributed by atoms with Gasteiger partial charge in [-0.2, -0.15) is 0 Å². The number of hydrogen-bond acceptors (Lipinski definition) is 3. The zero-order valence-electron chi connectivity index (χ0n) is 20.8. The summed E-state index contributed by atoms with van der Waals surface area (Å²) in [4.78, 5) is 0. The van der Waals surface area contributed by atoms with Crippen LogP contribution in [0.2, 0.25) is 0 Å². The van der Waals surface area contributed by atoms with Gasteiger partial charge in [0.1, 0.15) is 0 Å². The van der Waals surface area contributed by atoms with E-state index in [1.165, 1.54) is 38.5 Å². The van der Waals surface area contributed by atoms with Crippen LogP contribution >= 0.6 is 0 Å². The van der Waals surface area contributed by atoms with Crippen molar-refractivity contribution in [3.8, 4) is 0 Å². The maximum absolute atomic E-state index is 12.0. The number of ether oxygens (including phenoxy) is 1. The molecule has 2 N–H and O–H groups in total. The van der Waals surface area contributed by atoms with Crippen LogP contribution in [-0.2, 0) is 4.74 Å². The van der Waals surface area contributed by atoms with Gasteiger partial charge in [0.05, 0.1) is 24.4 Å². The lowest BCUT2D eigenvalue weighted by molar-refractivity contribution is -0.182. The fourth-order valence-electron chi connectivity index (χ4n) is 11.7. The zero-order valence-corrected chi connectivity index (χ0v) is 20.8. The number of aliphatic hydroxyl groups is 2. The van der Waals surface area contributed by atoms with E-state index in [0.29, 0.717) is 40.6 Å². The van der Waals surface area contributed by atoms with E-state index in [1.807, 2.05) is 0 Å². The summed E-state index contributed by atoms with van der Waals surface area (Å²) in [6.07, 6.45) is 10.7. The zero-order chi connectivity index (χ0) is 22.2. The third-order valence-electron chi connectivity index (χ3n) is 13.3. The van der Waals surface area contributed by atoms with Crippen LogP contribution in [0.4, 0.5) is 0 Å². The van der Waals surface area contributed by atoms with Crippen LogP contribution in [0.25, 0.3) is 0 Å². The maximum atomic E-state index is 12.0. The van der Waals surface area contributed by atoms with E-state index in [0.717, 1.165) is 19.3 Å². The van der Waals surface area contributed by atoms with E-state index in [1.54, 1.807) is 0 Å². The fourth-order valence-corrected chi connectivity index (χ4v) is 11.7. The van der Waals surface area contributed by atoms with Crippen LogP contribution in [0.1, 0.15) is 99.3 Å². The van der Waals surface area contributed by atoms with Gasteiger partial charge in [-0.3, -0.25) is 0 Å². The second kappa shape index (κ2) is 6.11. The van der Waals surface area contributed by atoms with E-state index < -0.39 is 0 Å². The molecule has 31 heavy (non-hydrogen) atoms. The molecule has 6 aliphatic rings. The molecule has 6 fully saturated rings. The molecule has 1 heterocycles. The molecule has 6 rings (SSSR count). The molecular weight excluding hydrogens is 384 g/mol. The average molecular weight is 431 g/mol. The second-order valence-electron chi connectivity index (χ2n) is 14.1. The molecule has 0 aromatic heterocycles. The molecule has 3 heteroatoms. The van der Waals surface area contributed by atoms with Crippen LogP contribution in [0.5, 0.6) is 0 Å². The van der Waals surface area contributed by atoms with Gasteiger partial charge in [0.2, 0.25) is 0 Å². The van der Waals surface area contributed by atoms with Gasteiger partial charge >= 0.3 is 0 Å². The predicted octanol–water partition coefficient (Wildman–Crippen LogP) is 5.57. The second-order valence-corrected chi connectivity index (χ2v) is 14.1. The smallest absolute Gasteiger partial charge is 0.0879 e. The lowest BCUT2D eigenvalue weighted by Gasteiger charge is -2.63. The highest BCUT2D eigenvalue weighted by molar-refractivity contribution is 5.32. The molecule has 0 radical (unpaired) electrons. The maximum Gasteiger partial charge on any atom is 0.0879 e. The summed E-state index contributed by atoms with van der Waals surface area (Å²) in [6, 6.07) is 0. The molecule has 2 spiro atoms. The third kappa shape index (κ3) is 2.15. The Labute approximate surface area is 189 Å². The van der Waals surface area contributed by atoms with Crippen LogP contribution in [-0.4, -0.2) is 34.6 Å². The Balaban J connectivity index is 1.41. The first-order valence-corrected chi connectivity index (χ1v) is 13.5. The van der Waals surface area contributed by atoms with Gasteiger partial charge in [-0.25, -0.2) is 0 Å². The molecule has 3 nitrogen and oxygen atoms in total. The predicted molar refractivity (Wildman–Crippen MR) is 122 cm³/mol. The molecule has 5 aliphatic carbocycles. The van der Waals surface area contributed by atoms with Gasteiger partial charge < -0.3 is 14.9 Å². The van der Waals surface area contributed by atoms with E-state index in [2.05, 4.69) is 41.5 Å².